The minimum atomic E-state index is -0.296. The quantitative estimate of drug-likeness (QED) is 0.682. The van der Waals surface area contributed by atoms with Crippen LogP contribution in [0.4, 0.5) is 0 Å². The molecule has 3 aromatic rings. The SMILES string of the molecule is NC(=O)Cc1cc2ccccc2c2ccccc12. The minimum Gasteiger partial charge on any atom is -0.369 e. The Morgan fingerprint density at radius 2 is 1.50 bits per heavy atom. The maximum Gasteiger partial charge on any atom is 0.221 e. The van der Waals surface area contributed by atoms with Crippen molar-refractivity contribution in [2.24, 2.45) is 5.73 Å². The molecule has 0 bridgehead atoms. The van der Waals surface area contributed by atoms with Crippen LogP contribution in [0.1, 0.15) is 5.56 Å². The molecule has 0 aliphatic heterocycles. The van der Waals surface area contributed by atoms with Crippen molar-refractivity contribution >= 4 is 27.5 Å². The molecule has 0 aromatic heterocycles. The van der Waals surface area contributed by atoms with Crippen LogP contribution in [0.15, 0.2) is 54.6 Å². The van der Waals surface area contributed by atoms with Crippen LogP contribution in [0.2, 0.25) is 0 Å². The highest BCUT2D eigenvalue weighted by Gasteiger charge is 2.07. The molecule has 0 spiro atoms. The third-order valence-corrected chi connectivity index (χ3v) is 3.22. The first-order chi connectivity index (χ1) is 8.75. The van der Waals surface area contributed by atoms with Gasteiger partial charge in [-0.1, -0.05) is 48.5 Å². The number of hydrogen-bond acceptors (Lipinski definition) is 1. The normalized spacial score (nSPS) is 10.9. The molecule has 0 radical (unpaired) electrons. The third-order valence-electron chi connectivity index (χ3n) is 3.22. The summed E-state index contributed by atoms with van der Waals surface area (Å²) < 4.78 is 0. The zero-order chi connectivity index (χ0) is 12.5. The van der Waals surface area contributed by atoms with Crippen molar-refractivity contribution in [3.05, 3.63) is 60.2 Å². The summed E-state index contributed by atoms with van der Waals surface area (Å²) in [5.74, 6) is -0.296. The zero-order valence-corrected chi connectivity index (χ0v) is 9.89. The van der Waals surface area contributed by atoms with Gasteiger partial charge < -0.3 is 5.73 Å². The van der Waals surface area contributed by atoms with Crippen molar-refractivity contribution in [3.8, 4) is 0 Å². The lowest BCUT2D eigenvalue weighted by molar-refractivity contribution is -0.117. The van der Waals surface area contributed by atoms with Crippen molar-refractivity contribution in [2.75, 3.05) is 0 Å². The lowest BCUT2D eigenvalue weighted by Gasteiger charge is -2.09. The van der Waals surface area contributed by atoms with Gasteiger partial charge in [-0.15, -0.1) is 0 Å². The first-order valence-corrected chi connectivity index (χ1v) is 5.93. The lowest BCUT2D eigenvalue weighted by atomic mass is 9.96. The molecule has 0 saturated carbocycles. The van der Waals surface area contributed by atoms with Crippen molar-refractivity contribution in [1.82, 2.24) is 0 Å². The van der Waals surface area contributed by atoms with E-state index in [0.29, 0.717) is 0 Å². The predicted octanol–water partition coefficient (Wildman–Crippen LogP) is 3.02. The Morgan fingerprint density at radius 3 is 2.22 bits per heavy atom. The molecular formula is C16H13NO. The molecule has 2 N–H and O–H groups in total. The number of primary amides is 1. The number of carbonyl (C=O) groups excluding carboxylic acids is 1. The van der Waals surface area contributed by atoms with Crippen LogP contribution in [0.3, 0.4) is 0 Å². The third kappa shape index (κ3) is 1.72. The van der Waals surface area contributed by atoms with Crippen LogP contribution >= 0.6 is 0 Å². The topological polar surface area (TPSA) is 43.1 Å². The number of hydrogen-bond donors (Lipinski definition) is 1. The Bertz CT molecular complexity index is 746. The fraction of sp³-hybridized carbons (Fsp3) is 0.0625. The maximum atomic E-state index is 11.2. The van der Waals surface area contributed by atoms with E-state index in [-0.39, 0.29) is 12.3 Å². The first-order valence-electron chi connectivity index (χ1n) is 5.93. The van der Waals surface area contributed by atoms with E-state index in [1.54, 1.807) is 0 Å². The molecule has 2 nitrogen and oxygen atoms in total. The summed E-state index contributed by atoms with van der Waals surface area (Å²) in [4.78, 5) is 11.2. The van der Waals surface area contributed by atoms with Gasteiger partial charge in [0.15, 0.2) is 0 Å². The number of nitrogens with two attached hydrogens (primary N) is 1. The lowest BCUT2D eigenvalue weighted by Crippen LogP contribution is -2.13. The second-order valence-corrected chi connectivity index (χ2v) is 4.45. The van der Waals surface area contributed by atoms with Crippen LogP contribution in [0.25, 0.3) is 21.5 Å². The Labute approximate surface area is 105 Å². The van der Waals surface area contributed by atoms with Crippen molar-refractivity contribution < 1.29 is 4.79 Å². The Morgan fingerprint density at radius 1 is 0.889 bits per heavy atom. The molecule has 0 aliphatic rings. The van der Waals surface area contributed by atoms with Gasteiger partial charge in [0.1, 0.15) is 0 Å². The van der Waals surface area contributed by atoms with Gasteiger partial charge in [-0.05, 0) is 33.2 Å². The number of benzene rings is 3. The minimum absolute atomic E-state index is 0.283. The summed E-state index contributed by atoms with van der Waals surface area (Å²) in [6, 6.07) is 18.4. The van der Waals surface area contributed by atoms with E-state index >= 15 is 0 Å². The molecule has 0 fully saturated rings. The fourth-order valence-corrected chi connectivity index (χ4v) is 2.47. The molecule has 0 heterocycles. The van der Waals surface area contributed by atoms with Crippen LogP contribution in [-0.2, 0) is 11.2 Å². The van der Waals surface area contributed by atoms with E-state index < -0.39 is 0 Å². The van der Waals surface area contributed by atoms with E-state index in [1.165, 1.54) is 10.8 Å². The largest absolute Gasteiger partial charge is 0.369 e. The molecule has 3 rings (SSSR count). The summed E-state index contributed by atoms with van der Waals surface area (Å²) in [5.41, 5.74) is 6.32. The number of fused-ring (bicyclic) bond motifs is 3. The molecule has 0 saturated heterocycles. The molecule has 1 amide bonds. The van der Waals surface area contributed by atoms with Crippen molar-refractivity contribution in [3.63, 3.8) is 0 Å². The molecular weight excluding hydrogens is 222 g/mol. The van der Waals surface area contributed by atoms with E-state index in [4.69, 9.17) is 5.73 Å². The second kappa shape index (κ2) is 4.15. The van der Waals surface area contributed by atoms with E-state index in [2.05, 4.69) is 24.3 Å². The number of rotatable bonds is 2. The fourth-order valence-electron chi connectivity index (χ4n) is 2.47. The van der Waals surface area contributed by atoms with Gasteiger partial charge in [-0.25, -0.2) is 0 Å². The van der Waals surface area contributed by atoms with Crippen molar-refractivity contribution in [1.29, 1.82) is 0 Å². The molecule has 18 heavy (non-hydrogen) atoms. The zero-order valence-electron chi connectivity index (χ0n) is 9.89. The average molecular weight is 235 g/mol. The van der Waals surface area contributed by atoms with Gasteiger partial charge in [0, 0.05) is 0 Å². The summed E-state index contributed by atoms with van der Waals surface area (Å²) >= 11 is 0. The van der Waals surface area contributed by atoms with Crippen LogP contribution in [0, 0.1) is 0 Å². The van der Waals surface area contributed by atoms with Crippen LogP contribution < -0.4 is 5.73 Å². The predicted molar refractivity (Wildman–Crippen MR) is 74.4 cm³/mol. The molecule has 0 aliphatic carbocycles. The van der Waals surface area contributed by atoms with Gasteiger partial charge in [0.2, 0.25) is 5.91 Å². The molecule has 2 heteroatoms. The van der Waals surface area contributed by atoms with Gasteiger partial charge in [0.05, 0.1) is 6.42 Å². The molecule has 3 aromatic carbocycles. The Balaban J connectivity index is 2.42. The van der Waals surface area contributed by atoms with Gasteiger partial charge >= 0.3 is 0 Å². The van der Waals surface area contributed by atoms with Crippen LogP contribution in [0.5, 0.6) is 0 Å². The summed E-state index contributed by atoms with van der Waals surface area (Å²) in [5, 5.41) is 4.63. The highest BCUT2D eigenvalue weighted by atomic mass is 16.1. The average Bonchev–Trinajstić information content (AvgIpc) is 2.38. The smallest absolute Gasteiger partial charge is 0.221 e. The maximum absolute atomic E-state index is 11.2. The van der Waals surface area contributed by atoms with Gasteiger partial charge in [-0.2, -0.15) is 0 Å². The van der Waals surface area contributed by atoms with E-state index in [0.717, 1.165) is 16.3 Å². The highest BCUT2D eigenvalue weighted by Crippen LogP contribution is 2.28. The summed E-state index contributed by atoms with van der Waals surface area (Å²) in [7, 11) is 0. The monoisotopic (exact) mass is 235 g/mol. The second-order valence-electron chi connectivity index (χ2n) is 4.45. The standard InChI is InChI=1S/C16H13NO/c17-16(18)10-12-9-11-5-1-2-6-13(11)15-8-4-3-7-14(12)15/h1-9H,10H2,(H2,17,18). The van der Waals surface area contributed by atoms with Crippen molar-refractivity contribution in [2.45, 2.75) is 6.42 Å². The molecule has 0 atom stereocenters. The van der Waals surface area contributed by atoms with E-state index in [9.17, 15) is 4.79 Å². The Kier molecular flexibility index (Phi) is 2.49. The number of amides is 1. The van der Waals surface area contributed by atoms with Crippen LogP contribution in [-0.4, -0.2) is 5.91 Å². The molecule has 88 valence electrons. The van der Waals surface area contributed by atoms with Gasteiger partial charge in [-0.3, -0.25) is 4.79 Å². The Hall–Kier alpha value is -2.35. The van der Waals surface area contributed by atoms with Gasteiger partial charge in [0.25, 0.3) is 0 Å². The van der Waals surface area contributed by atoms with E-state index in [1.807, 2.05) is 30.3 Å². The number of carbonyl (C=O) groups is 1. The molecule has 0 unspecified atom stereocenters. The highest BCUT2D eigenvalue weighted by molar-refractivity contribution is 6.09. The first kappa shape index (κ1) is 10.8. The summed E-state index contributed by atoms with van der Waals surface area (Å²) in [6.07, 6.45) is 0.283. The summed E-state index contributed by atoms with van der Waals surface area (Å²) in [6.45, 7) is 0.